The van der Waals surface area contributed by atoms with Crippen LogP contribution in [0.15, 0.2) is 30.3 Å². The molecule has 0 amide bonds. The van der Waals surface area contributed by atoms with Crippen LogP contribution in [0, 0.1) is 0 Å². The fraction of sp³-hybridized carbons (Fsp3) is 0.333. The highest BCUT2D eigenvalue weighted by molar-refractivity contribution is 5.85. The van der Waals surface area contributed by atoms with Gasteiger partial charge in [-0.3, -0.25) is 0 Å². The molecule has 1 N–H and O–H groups in total. The van der Waals surface area contributed by atoms with Crippen LogP contribution in [-0.4, -0.2) is 20.2 Å². The van der Waals surface area contributed by atoms with Crippen LogP contribution in [0.4, 0.5) is 0 Å². The van der Waals surface area contributed by atoms with E-state index in [9.17, 15) is 0 Å². The van der Waals surface area contributed by atoms with E-state index in [0.717, 1.165) is 25.3 Å². The van der Waals surface area contributed by atoms with Crippen LogP contribution in [-0.2, 0) is 0 Å². The molecule has 1 aliphatic heterocycles. The lowest BCUT2D eigenvalue weighted by molar-refractivity contribution is 0.414. The monoisotopic (exact) mass is 225 g/mol. The van der Waals surface area contributed by atoms with Gasteiger partial charge in [-0.1, -0.05) is 18.2 Å². The number of rotatable bonds is 2. The summed E-state index contributed by atoms with van der Waals surface area (Å²) in [6.45, 7) is 2.06. The van der Waals surface area contributed by atoms with Crippen LogP contribution in [0.3, 0.4) is 0 Å². The molecule has 0 atom stereocenters. The molecule has 0 fully saturated rings. The average molecular weight is 226 g/mol. The van der Waals surface area contributed by atoms with E-state index in [1.54, 1.807) is 7.11 Å². The molecule has 3 heteroatoms. The van der Waals surface area contributed by atoms with E-state index in [0.29, 0.717) is 0 Å². The Morgan fingerprint density at radius 3 is 2.87 bits per heavy atom. The summed E-state index contributed by atoms with van der Waals surface area (Å²) in [6.07, 6.45) is 3.41. The zero-order chi connectivity index (χ0) is 9.80. The van der Waals surface area contributed by atoms with E-state index in [1.165, 1.54) is 11.1 Å². The molecule has 0 aliphatic carbocycles. The van der Waals surface area contributed by atoms with Crippen LogP contribution in [0.2, 0.25) is 0 Å². The van der Waals surface area contributed by atoms with Crippen LogP contribution < -0.4 is 10.1 Å². The molecule has 82 valence electrons. The zero-order valence-electron chi connectivity index (χ0n) is 8.82. The van der Waals surface area contributed by atoms with Crippen molar-refractivity contribution >= 4 is 18.0 Å². The molecule has 1 aromatic carbocycles. The summed E-state index contributed by atoms with van der Waals surface area (Å²) in [6, 6.07) is 8.21. The second-order valence-corrected chi connectivity index (χ2v) is 3.43. The number of halogens is 1. The summed E-state index contributed by atoms with van der Waals surface area (Å²) in [7, 11) is 1.70. The average Bonchev–Trinajstić information content (AvgIpc) is 2.30. The smallest absolute Gasteiger partial charge is 0.119 e. The summed E-state index contributed by atoms with van der Waals surface area (Å²) in [4.78, 5) is 0. The molecule has 0 saturated carbocycles. The van der Waals surface area contributed by atoms with Gasteiger partial charge in [0.1, 0.15) is 5.75 Å². The first-order valence-corrected chi connectivity index (χ1v) is 4.94. The Morgan fingerprint density at radius 1 is 1.33 bits per heavy atom. The lowest BCUT2D eigenvalue weighted by Gasteiger charge is -2.14. The molecule has 0 saturated heterocycles. The second kappa shape index (κ2) is 5.79. The fourth-order valence-electron chi connectivity index (χ4n) is 1.69. The molecule has 15 heavy (non-hydrogen) atoms. The lowest BCUT2D eigenvalue weighted by Crippen LogP contribution is -2.21. The minimum atomic E-state index is 0. The van der Waals surface area contributed by atoms with E-state index in [-0.39, 0.29) is 12.4 Å². The van der Waals surface area contributed by atoms with Crippen molar-refractivity contribution in [2.45, 2.75) is 6.42 Å². The van der Waals surface area contributed by atoms with Crippen molar-refractivity contribution < 1.29 is 4.74 Å². The van der Waals surface area contributed by atoms with Gasteiger partial charge < -0.3 is 10.1 Å². The molecule has 1 heterocycles. The molecule has 0 spiro atoms. The third-order valence-electron chi connectivity index (χ3n) is 2.47. The van der Waals surface area contributed by atoms with Crippen molar-refractivity contribution in [3.63, 3.8) is 0 Å². The number of methoxy groups -OCH3 is 1. The second-order valence-electron chi connectivity index (χ2n) is 3.43. The highest BCUT2D eigenvalue weighted by Crippen LogP contribution is 2.21. The molecule has 0 unspecified atom stereocenters. The molecule has 2 rings (SSSR count). The highest BCUT2D eigenvalue weighted by atomic mass is 35.5. The van der Waals surface area contributed by atoms with Gasteiger partial charge in [-0.15, -0.1) is 12.4 Å². The zero-order valence-corrected chi connectivity index (χ0v) is 9.64. The summed E-state index contributed by atoms with van der Waals surface area (Å²) in [5.74, 6) is 0.925. The minimum Gasteiger partial charge on any atom is -0.497 e. The third-order valence-corrected chi connectivity index (χ3v) is 2.47. The Kier molecular flexibility index (Phi) is 4.66. The first kappa shape index (κ1) is 12.1. The first-order valence-electron chi connectivity index (χ1n) is 4.94. The molecule has 0 radical (unpaired) electrons. The van der Waals surface area contributed by atoms with Crippen molar-refractivity contribution in [1.82, 2.24) is 5.32 Å². The Hall–Kier alpha value is -0.990. The fourth-order valence-corrected chi connectivity index (χ4v) is 1.69. The number of ether oxygens (including phenoxy) is 1. The summed E-state index contributed by atoms with van der Waals surface area (Å²) in [5.41, 5.74) is 2.63. The van der Waals surface area contributed by atoms with Crippen molar-refractivity contribution in [2.24, 2.45) is 0 Å². The van der Waals surface area contributed by atoms with Crippen molar-refractivity contribution in [3.8, 4) is 5.75 Å². The largest absolute Gasteiger partial charge is 0.497 e. The van der Waals surface area contributed by atoms with Gasteiger partial charge in [-0.05, 0) is 36.2 Å². The van der Waals surface area contributed by atoms with E-state index in [2.05, 4.69) is 23.5 Å². The van der Waals surface area contributed by atoms with Gasteiger partial charge in [0, 0.05) is 6.54 Å². The molecular formula is C12H16ClNO. The van der Waals surface area contributed by atoms with Crippen LogP contribution in [0.5, 0.6) is 5.75 Å². The van der Waals surface area contributed by atoms with Crippen molar-refractivity contribution in [1.29, 1.82) is 0 Å². The molecule has 0 aromatic heterocycles. The number of hydrogen-bond acceptors (Lipinski definition) is 2. The topological polar surface area (TPSA) is 21.3 Å². The van der Waals surface area contributed by atoms with Crippen LogP contribution in [0.1, 0.15) is 12.0 Å². The predicted octanol–water partition coefficient (Wildman–Crippen LogP) is 2.49. The maximum atomic E-state index is 5.20. The summed E-state index contributed by atoms with van der Waals surface area (Å²) in [5, 5.41) is 3.36. The Labute approximate surface area is 96.7 Å². The van der Waals surface area contributed by atoms with Crippen LogP contribution in [0.25, 0.3) is 5.57 Å². The molecule has 2 nitrogen and oxygen atoms in total. The van der Waals surface area contributed by atoms with Gasteiger partial charge in [-0.2, -0.15) is 0 Å². The number of hydrogen-bond donors (Lipinski definition) is 1. The van der Waals surface area contributed by atoms with Gasteiger partial charge in [0.15, 0.2) is 0 Å². The summed E-state index contributed by atoms with van der Waals surface area (Å²) < 4.78 is 5.20. The van der Waals surface area contributed by atoms with E-state index in [1.807, 2.05) is 12.1 Å². The normalized spacial score (nSPS) is 15.1. The van der Waals surface area contributed by atoms with Gasteiger partial charge in [0.25, 0.3) is 0 Å². The van der Waals surface area contributed by atoms with E-state index in [4.69, 9.17) is 4.74 Å². The number of benzene rings is 1. The maximum absolute atomic E-state index is 5.20. The SMILES string of the molecule is COc1cccc(C2=CCCNC2)c1.Cl. The van der Waals surface area contributed by atoms with Crippen LogP contribution >= 0.6 is 12.4 Å². The molecular weight excluding hydrogens is 210 g/mol. The minimum absolute atomic E-state index is 0. The molecule has 0 bridgehead atoms. The standard InChI is InChI=1S/C12H15NO.ClH/c1-14-12-6-2-4-10(8-12)11-5-3-7-13-9-11;/h2,4-6,8,13H,3,7,9H2,1H3;1H. The van der Waals surface area contributed by atoms with Gasteiger partial charge >= 0.3 is 0 Å². The third kappa shape index (κ3) is 2.98. The van der Waals surface area contributed by atoms with Crippen molar-refractivity contribution in [2.75, 3.05) is 20.2 Å². The Balaban J connectivity index is 0.00000112. The Bertz CT molecular complexity index is 349. The van der Waals surface area contributed by atoms with Gasteiger partial charge in [-0.25, -0.2) is 0 Å². The molecule has 1 aromatic rings. The first-order chi connectivity index (χ1) is 6.90. The highest BCUT2D eigenvalue weighted by Gasteiger charge is 2.05. The van der Waals surface area contributed by atoms with Crippen molar-refractivity contribution in [3.05, 3.63) is 35.9 Å². The molecule has 1 aliphatic rings. The van der Waals surface area contributed by atoms with E-state index < -0.39 is 0 Å². The van der Waals surface area contributed by atoms with E-state index >= 15 is 0 Å². The quantitative estimate of drug-likeness (QED) is 0.835. The summed E-state index contributed by atoms with van der Waals surface area (Å²) >= 11 is 0. The van der Waals surface area contributed by atoms with Gasteiger partial charge in [0.2, 0.25) is 0 Å². The lowest BCUT2D eigenvalue weighted by atomic mass is 10.0. The maximum Gasteiger partial charge on any atom is 0.119 e. The predicted molar refractivity (Wildman–Crippen MR) is 65.7 cm³/mol. The van der Waals surface area contributed by atoms with Gasteiger partial charge in [0.05, 0.1) is 7.11 Å². The Morgan fingerprint density at radius 2 is 2.20 bits per heavy atom. The number of nitrogens with one attached hydrogen (secondary N) is 1.